The Morgan fingerprint density at radius 1 is 1.21 bits per heavy atom. The number of hydrogen-bond acceptors (Lipinski definition) is 2. The second-order valence-corrected chi connectivity index (χ2v) is 5.79. The third-order valence-electron chi connectivity index (χ3n) is 4.47. The molecule has 2 fully saturated rings. The lowest BCUT2D eigenvalue weighted by Crippen LogP contribution is -2.46. The van der Waals surface area contributed by atoms with Gasteiger partial charge in [0.2, 0.25) is 0 Å². The molecule has 2 atom stereocenters. The lowest BCUT2D eigenvalue weighted by Gasteiger charge is -2.48. The molecule has 3 rings (SSSR count). The van der Waals surface area contributed by atoms with Crippen LogP contribution in [-0.2, 0) is 4.74 Å². The van der Waals surface area contributed by atoms with Crippen molar-refractivity contribution in [2.75, 3.05) is 6.61 Å². The van der Waals surface area contributed by atoms with E-state index >= 15 is 0 Å². The minimum Gasteiger partial charge on any atom is -0.388 e. The summed E-state index contributed by atoms with van der Waals surface area (Å²) in [6, 6.07) is 3.26. The average molecular weight is 268 g/mol. The highest BCUT2D eigenvalue weighted by molar-refractivity contribution is 5.21. The van der Waals surface area contributed by atoms with Gasteiger partial charge in [-0.05, 0) is 55.7 Å². The number of rotatable bonds is 2. The summed E-state index contributed by atoms with van der Waals surface area (Å²) in [5.74, 6) is -1.26. The van der Waals surface area contributed by atoms with Crippen LogP contribution in [0.5, 0.6) is 0 Å². The zero-order chi connectivity index (χ0) is 13.5. The third-order valence-corrected chi connectivity index (χ3v) is 4.47. The van der Waals surface area contributed by atoms with Crippen molar-refractivity contribution in [3.05, 3.63) is 35.4 Å². The summed E-state index contributed by atoms with van der Waals surface area (Å²) in [7, 11) is 0. The van der Waals surface area contributed by atoms with Crippen LogP contribution in [0.4, 0.5) is 8.78 Å². The number of aliphatic hydroxyl groups excluding tert-OH is 1. The molecule has 1 aliphatic heterocycles. The Labute approximate surface area is 111 Å². The fourth-order valence-electron chi connectivity index (χ4n) is 3.27. The van der Waals surface area contributed by atoms with Crippen molar-refractivity contribution in [1.29, 1.82) is 0 Å². The maximum atomic E-state index is 13.2. The molecule has 104 valence electrons. The third kappa shape index (κ3) is 2.51. The molecule has 4 heteroatoms. The highest BCUT2D eigenvalue weighted by atomic mass is 19.1. The number of hydrogen-bond donors (Lipinski definition) is 1. The van der Waals surface area contributed by atoms with Crippen molar-refractivity contribution in [3.63, 3.8) is 0 Å². The molecular weight excluding hydrogens is 250 g/mol. The lowest BCUT2D eigenvalue weighted by atomic mass is 9.70. The second-order valence-electron chi connectivity index (χ2n) is 5.79. The molecule has 1 spiro atoms. The summed E-state index contributed by atoms with van der Waals surface area (Å²) < 4.78 is 32.2. The van der Waals surface area contributed by atoms with Crippen LogP contribution in [0.15, 0.2) is 18.2 Å². The molecular formula is C15H18F2O2. The SMILES string of the molecule is OC(c1cc(F)cc(F)c1)C1CCOC2(CCC2)C1. The highest BCUT2D eigenvalue weighted by Gasteiger charge is 2.44. The molecule has 1 aromatic rings. The summed E-state index contributed by atoms with van der Waals surface area (Å²) in [5.41, 5.74) is 0.259. The molecule has 19 heavy (non-hydrogen) atoms. The molecule has 0 aromatic heterocycles. The van der Waals surface area contributed by atoms with Crippen LogP contribution in [-0.4, -0.2) is 17.3 Å². The van der Waals surface area contributed by atoms with Gasteiger partial charge in [0.15, 0.2) is 0 Å². The molecule has 1 N–H and O–H groups in total. The van der Waals surface area contributed by atoms with Gasteiger partial charge in [-0.25, -0.2) is 8.78 Å². The van der Waals surface area contributed by atoms with Gasteiger partial charge in [0.25, 0.3) is 0 Å². The fourth-order valence-corrected chi connectivity index (χ4v) is 3.27. The molecule has 1 aliphatic carbocycles. The first kappa shape index (κ1) is 13.0. The smallest absolute Gasteiger partial charge is 0.126 e. The van der Waals surface area contributed by atoms with Gasteiger partial charge < -0.3 is 9.84 Å². The second kappa shape index (κ2) is 4.84. The van der Waals surface area contributed by atoms with Crippen molar-refractivity contribution >= 4 is 0 Å². The van der Waals surface area contributed by atoms with E-state index in [9.17, 15) is 13.9 Å². The van der Waals surface area contributed by atoms with Gasteiger partial charge in [-0.1, -0.05) is 0 Å². The molecule has 0 amide bonds. The molecule has 1 saturated carbocycles. The van der Waals surface area contributed by atoms with E-state index < -0.39 is 17.7 Å². The predicted molar refractivity (Wildman–Crippen MR) is 66.6 cm³/mol. The van der Waals surface area contributed by atoms with Gasteiger partial charge in [-0.2, -0.15) is 0 Å². The van der Waals surface area contributed by atoms with Crippen molar-refractivity contribution < 1.29 is 18.6 Å². The summed E-state index contributed by atoms with van der Waals surface area (Å²) >= 11 is 0. The van der Waals surface area contributed by atoms with Crippen LogP contribution in [0.1, 0.15) is 43.8 Å². The largest absolute Gasteiger partial charge is 0.388 e. The maximum Gasteiger partial charge on any atom is 0.126 e. The molecule has 1 saturated heterocycles. The number of ether oxygens (including phenoxy) is 1. The topological polar surface area (TPSA) is 29.5 Å². The first-order chi connectivity index (χ1) is 9.08. The van der Waals surface area contributed by atoms with Crippen LogP contribution in [0.25, 0.3) is 0 Å². The Morgan fingerprint density at radius 3 is 2.47 bits per heavy atom. The van der Waals surface area contributed by atoms with Gasteiger partial charge >= 0.3 is 0 Å². The zero-order valence-corrected chi connectivity index (χ0v) is 10.7. The Bertz CT molecular complexity index is 451. The van der Waals surface area contributed by atoms with Gasteiger partial charge in [0, 0.05) is 12.7 Å². The predicted octanol–water partition coefficient (Wildman–Crippen LogP) is 3.35. The lowest BCUT2D eigenvalue weighted by molar-refractivity contribution is -0.157. The Kier molecular flexibility index (Phi) is 3.31. The monoisotopic (exact) mass is 268 g/mol. The Hall–Kier alpha value is -1.00. The molecule has 2 aliphatic rings. The molecule has 0 radical (unpaired) electrons. The van der Waals surface area contributed by atoms with Crippen LogP contribution in [0, 0.1) is 17.6 Å². The Morgan fingerprint density at radius 2 is 1.89 bits per heavy atom. The summed E-state index contributed by atoms with van der Waals surface area (Å²) in [5, 5.41) is 10.4. The molecule has 2 nitrogen and oxygen atoms in total. The van der Waals surface area contributed by atoms with E-state index in [4.69, 9.17) is 4.74 Å². The maximum absolute atomic E-state index is 13.2. The van der Waals surface area contributed by atoms with Crippen molar-refractivity contribution in [2.24, 2.45) is 5.92 Å². The van der Waals surface area contributed by atoms with Crippen molar-refractivity contribution in [3.8, 4) is 0 Å². The summed E-state index contributed by atoms with van der Waals surface area (Å²) in [6.07, 6.45) is 3.94. The Balaban J connectivity index is 1.77. The van der Waals surface area contributed by atoms with E-state index in [0.29, 0.717) is 12.2 Å². The number of halogens is 2. The summed E-state index contributed by atoms with van der Waals surface area (Å²) in [6.45, 7) is 0.625. The minimum absolute atomic E-state index is 0.0234. The average Bonchev–Trinajstić information content (AvgIpc) is 2.35. The van der Waals surface area contributed by atoms with Crippen LogP contribution < -0.4 is 0 Å². The van der Waals surface area contributed by atoms with E-state index in [1.54, 1.807) is 0 Å². The van der Waals surface area contributed by atoms with E-state index in [1.807, 2.05) is 0 Å². The van der Waals surface area contributed by atoms with E-state index in [1.165, 1.54) is 12.1 Å². The number of benzene rings is 1. The van der Waals surface area contributed by atoms with Crippen molar-refractivity contribution in [2.45, 2.75) is 43.8 Å². The normalized spacial score (nSPS) is 27.0. The van der Waals surface area contributed by atoms with Crippen LogP contribution in [0.3, 0.4) is 0 Å². The molecule has 1 heterocycles. The highest BCUT2D eigenvalue weighted by Crippen LogP contribution is 2.47. The zero-order valence-electron chi connectivity index (χ0n) is 10.7. The van der Waals surface area contributed by atoms with E-state index in [2.05, 4.69) is 0 Å². The minimum atomic E-state index is -0.813. The van der Waals surface area contributed by atoms with Crippen LogP contribution in [0.2, 0.25) is 0 Å². The molecule has 1 aromatic carbocycles. The van der Waals surface area contributed by atoms with Gasteiger partial charge in [0.05, 0.1) is 11.7 Å². The van der Waals surface area contributed by atoms with Crippen LogP contribution >= 0.6 is 0 Å². The standard InChI is InChI=1S/C15H18F2O2/c16-12-6-11(7-13(17)8-12)14(18)10-2-5-19-15(9-10)3-1-4-15/h6-8,10,14,18H,1-5,9H2. The quantitative estimate of drug-likeness (QED) is 0.891. The number of aliphatic hydroxyl groups is 1. The first-order valence-electron chi connectivity index (χ1n) is 6.86. The molecule has 0 bridgehead atoms. The van der Waals surface area contributed by atoms with Gasteiger partial charge in [-0.15, -0.1) is 0 Å². The fraction of sp³-hybridized carbons (Fsp3) is 0.600. The van der Waals surface area contributed by atoms with Gasteiger partial charge in [0.1, 0.15) is 11.6 Å². The van der Waals surface area contributed by atoms with E-state index in [0.717, 1.165) is 38.2 Å². The first-order valence-corrected chi connectivity index (χ1v) is 6.86. The van der Waals surface area contributed by atoms with Crippen molar-refractivity contribution in [1.82, 2.24) is 0 Å². The molecule has 2 unspecified atom stereocenters. The van der Waals surface area contributed by atoms with Gasteiger partial charge in [-0.3, -0.25) is 0 Å². The summed E-state index contributed by atoms with van der Waals surface area (Å²) in [4.78, 5) is 0. The van der Waals surface area contributed by atoms with E-state index in [-0.39, 0.29) is 11.5 Å².